The predicted octanol–water partition coefficient (Wildman–Crippen LogP) is 3.42. The Morgan fingerprint density at radius 2 is 1.88 bits per heavy atom. The van der Waals surface area contributed by atoms with E-state index in [1.807, 2.05) is 6.07 Å². The summed E-state index contributed by atoms with van der Waals surface area (Å²) in [4.78, 5) is 26.2. The Morgan fingerprint density at radius 1 is 1.15 bits per heavy atom. The molecule has 0 radical (unpaired) electrons. The maximum Gasteiger partial charge on any atom is 0.245 e. The summed E-state index contributed by atoms with van der Waals surface area (Å²) in [5.41, 5.74) is 2.42. The maximum atomic E-state index is 14.7. The van der Waals surface area contributed by atoms with Crippen molar-refractivity contribution in [3.05, 3.63) is 35.8 Å². The number of anilines is 4. The van der Waals surface area contributed by atoms with Crippen LogP contribution in [0.3, 0.4) is 0 Å². The van der Waals surface area contributed by atoms with Crippen LogP contribution in [0.2, 0.25) is 0 Å². The lowest BCUT2D eigenvalue weighted by molar-refractivity contribution is -0.125. The second kappa shape index (κ2) is 9.37. The van der Waals surface area contributed by atoms with Gasteiger partial charge in [-0.25, -0.2) is 9.37 Å². The smallest absolute Gasteiger partial charge is 0.245 e. The van der Waals surface area contributed by atoms with Crippen molar-refractivity contribution in [2.24, 2.45) is 0 Å². The minimum Gasteiger partial charge on any atom is -0.369 e. The molecular formula is C25H34FN7O. The minimum absolute atomic E-state index is 0.0462. The van der Waals surface area contributed by atoms with Gasteiger partial charge in [0.25, 0.3) is 0 Å². The molecule has 1 saturated heterocycles. The highest BCUT2D eigenvalue weighted by Crippen LogP contribution is 2.35. The molecule has 2 saturated carbocycles. The quantitative estimate of drug-likeness (QED) is 0.575. The van der Waals surface area contributed by atoms with E-state index in [0.717, 1.165) is 69.3 Å². The molecule has 5 rings (SSSR count). The highest BCUT2D eigenvalue weighted by molar-refractivity contribution is 5.90. The summed E-state index contributed by atoms with van der Waals surface area (Å²) in [6.07, 6.45) is 6.40. The Bertz CT molecular complexity index is 1040. The largest absolute Gasteiger partial charge is 0.369 e. The van der Waals surface area contributed by atoms with E-state index in [-0.39, 0.29) is 17.8 Å². The number of nitrogens with one attached hydrogen (secondary N) is 3. The first-order valence-electron chi connectivity index (χ1n) is 12.3. The van der Waals surface area contributed by atoms with E-state index >= 15 is 0 Å². The van der Waals surface area contributed by atoms with E-state index in [1.54, 1.807) is 0 Å². The summed E-state index contributed by atoms with van der Waals surface area (Å²) in [5, 5.41) is 9.44. The van der Waals surface area contributed by atoms with Crippen LogP contribution < -0.4 is 20.9 Å². The summed E-state index contributed by atoms with van der Waals surface area (Å²) in [7, 11) is 2.15. The molecule has 2 heterocycles. The van der Waals surface area contributed by atoms with Crippen LogP contribution >= 0.6 is 0 Å². The predicted molar refractivity (Wildman–Crippen MR) is 132 cm³/mol. The summed E-state index contributed by atoms with van der Waals surface area (Å²) < 4.78 is 14.7. The highest BCUT2D eigenvalue weighted by Gasteiger charge is 2.43. The minimum atomic E-state index is -0.810. The first kappa shape index (κ1) is 22.8. The Morgan fingerprint density at radius 3 is 2.56 bits per heavy atom. The van der Waals surface area contributed by atoms with Gasteiger partial charge in [-0.1, -0.05) is 12.8 Å². The molecule has 1 amide bonds. The molecule has 9 heteroatoms. The van der Waals surface area contributed by atoms with E-state index < -0.39 is 11.4 Å². The van der Waals surface area contributed by atoms with Crippen LogP contribution in [0.15, 0.2) is 24.4 Å². The Kier molecular flexibility index (Phi) is 6.29. The SMILES string of the molecule is Cc1cc(Nc2ncc(F)c(NC3(C(=O)NC4CC4)CCCC3)n2)ccc1N1CCN(C)CC1. The molecule has 2 aliphatic carbocycles. The van der Waals surface area contributed by atoms with Gasteiger partial charge in [0, 0.05) is 43.6 Å². The zero-order valence-corrected chi connectivity index (χ0v) is 20.0. The number of rotatable bonds is 7. The molecule has 1 aliphatic heterocycles. The van der Waals surface area contributed by atoms with Gasteiger partial charge in [0.1, 0.15) is 5.54 Å². The zero-order valence-electron chi connectivity index (χ0n) is 20.0. The van der Waals surface area contributed by atoms with Gasteiger partial charge < -0.3 is 25.8 Å². The van der Waals surface area contributed by atoms with Crippen molar-refractivity contribution < 1.29 is 9.18 Å². The number of piperazine rings is 1. The van der Waals surface area contributed by atoms with Crippen LogP contribution in [-0.4, -0.2) is 65.6 Å². The monoisotopic (exact) mass is 467 g/mol. The number of carbonyl (C=O) groups excluding carboxylic acids is 1. The number of aromatic nitrogens is 2. The number of amides is 1. The van der Waals surface area contributed by atoms with E-state index in [1.165, 1.54) is 5.69 Å². The van der Waals surface area contributed by atoms with E-state index in [4.69, 9.17) is 0 Å². The number of halogens is 1. The highest BCUT2D eigenvalue weighted by atomic mass is 19.1. The lowest BCUT2D eigenvalue weighted by Gasteiger charge is -2.35. The van der Waals surface area contributed by atoms with Crippen molar-refractivity contribution in [3.8, 4) is 0 Å². The summed E-state index contributed by atoms with van der Waals surface area (Å²) >= 11 is 0. The zero-order chi connectivity index (χ0) is 23.7. The third-order valence-corrected chi connectivity index (χ3v) is 7.20. The number of hydrogen-bond donors (Lipinski definition) is 3. The molecular weight excluding hydrogens is 433 g/mol. The lowest BCUT2D eigenvalue weighted by atomic mass is 9.96. The molecule has 0 bridgehead atoms. The Hall–Kier alpha value is -2.94. The number of hydrogen-bond acceptors (Lipinski definition) is 7. The van der Waals surface area contributed by atoms with Gasteiger partial charge in [0.05, 0.1) is 6.20 Å². The first-order valence-corrected chi connectivity index (χ1v) is 12.3. The third-order valence-electron chi connectivity index (χ3n) is 7.20. The van der Waals surface area contributed by atoms with Crippen LogP contribution in [0.4, 0.5) is 27.5 Å². The van der Waals surface area contributed by atoms with Gasteiger partial charge in [0.2, 0.25) is 11.9 Å². The number of carbonyl (C=O) groups is 1. The Balaban J connectivity index is 1.31. The molecule has 1 aromatic carbocycles. The van der Waals surface area contributed by atoms with Gasteiger partial charge in [-0.15, -0.1) is 0 Å². The second-order valence-electron chi connectivity index (χ2n) is 9.97. The fraction of sp³-hybridized carbons (Fsp3) is 0.560. The van der Waals surface area contributed by atoms with E-state index in [9.17, 15) is 9.18 Å². The van der Waals surface area contributed by atoms with Crippen molar-refractivity contribution >= 4 is 29.0 Å². The average Bonchev–Trinajstić information content (AvgIpc) is 3.51. The number of nitrogens with zero attached hydrogens (tertiary/aromatic N) is 4. The molecule has 1 aromatic heterocycles. The Labute approximate surface area is 200 Å². The van der Waals surface area contributed by atoms with Gasteiger partial charge in [-0.2, -0.15) is 4.98 Å². The molecule has 0 unspecified atom stereocenters. The second-order valence-corrected chi connectivity index (χ2v) is 9.97. The van der Waals surface area contributed by atoms with Crippen LogP contribution in [-0.2, 0) is 4.79 Å². The van der Waals surface area contributed by atoms with Crippen molar-refractivity contribution in [1.29, 1.82) is 0 Å². The summed E-state index contributed by atoms with van der Waals surface area (Å²) in [5.74, 6) is -0.240. The van der Waals surface area contributed by atoms with Crippen LogP contribution in [0.5, 0.6) is 0 Å². The van der Waals surface area contributed by atoms with Gasteiger partial charge in [-0.3, -0.25) is 4.79 Å². The van der Waals surface area contributed by atoms with Crippen molar-refractivity contribution in [2.45, 2.75) is 57.0 Å². The number of benzene rings is 1. The van der Waals surface area contributed by atoms with E-state index in [0.29, 0.717) is 18.8 Å². The molecule has 3 fully saturated rings. The fourth-order valence-corrected chi connectivity index (χ4v) is 4.94. The van der Waals surface area contributed by atoms with Crippen molar-refractivity contribution in [1.82, 2.24) is 20.2 Å². The normalized spacial score (nSPS) is 20.3. The lowest BCUT2D eigenvalue weighted by Crippen LogP contribution is -2.51. The van der Waals surface area contributed by atoms with E-state index in [2.05, 4.69) is 61.8 Å². The third kappa shape index (κ3) is 4.94. The topological polar surface area (TPSA) is 85.4 Å². The molecule has 34 heavy (non-hydrogen) atoms. The molecule has 2 aromatic rings. The van der Waals surface area contributed by atoms with Crippen molar-refractivity contribution in [2.75, 3.05) is 48.8 Å². The number of likely N-dealkylation sites (N-methyl/N-ethyl adjacent to an activating group) is 1. The number of aryl methyl sites for hydroxylation is 1. The fourth-order valence-electron chi connectivity index (χ4n) is 4.94. The van der Waals surface area contributed by atoms with Crippen LogP contribution in [0, 0.1) is 12.7 Å². The van der Waals surface area contributed by atoms with Crippen LogP contribution in [0.1, 0.15) is 44.1 Å². The summed E-state index contributed by atoms with van der Waals surface area (Å²) in [6.45, 7) is 6.23. The molecule has 0 atom stereocenters. The molecule has 3 aliphatic rings. The van der Waals surface area contributed by atoms with Gasteiger partial charge in [-0.05, 0) is 63.4 Å². The molecule has 0 spiro atoms. The average molecular weight is 468 g/mol. The van der Waals surface area contributed by atoms with Gasteiger partial charge in [0.15, 0.2) is 11.6 Å². The van der Waals surface area contributed by atoms with Crippen LogP contribution in [0.25, 0.3) is 0 Å². The van der Waals surface area contributed by atoms with Crippen molar-refractivity contribution in [3.63, 3.8) is 0 Å². The molecule has 182 valence electrons. The standard InChI is InChI=1S/C25H34FN7O/c1-17-15-19(7-8-21(17)33-13-11-32(2)12-14-33)29-24-27-16-20(26)22(30-24)31-25(9-3-4-10-25)23(34)28-18-5-6-18/h7-8,15-16,18H,3-6,9-14H2,1-2H3,(H,28,34)(H2,27,29,30,31). The summed E-state index contributed by atoms with van der Waals surface area (Å²) in [6, 6.07) is 6.44. The van der Waals surface area contributed by atoms with Gasteiger partial charge >= 0.3 is 0 Å². The first-order chi connectivity index (χ1) is 16.4. The molecule has 3 N–H and O–H groups in total. The molecule has 8 nitrogen and oxygen atoms in total. The maximum absolute atomic E-state index is 14.7.